The summed E-state index contributed by atoms with van der Waals surface area (Å²) in [6, 6.07) is -1.85. The first-order valence-electron chi connectivity index (χ1n) is 8.76. The van der Waals surface area contributed by atoms with Gasteiger partial charge in [-0.25, -0.2) is 4.79 Å². The third-order valence-electron chi connectivity index (χ3n) is 4.00. The molecule has 3 amide bonds. The van der Waals surface area contributed by atoms with Crippen molar-refractivity contribution >= 4 is 23.7 Å². The average molecular weight is 373 g/mol. The van der Waals surface area contributed by atoms with E-state index in [9.17, 15) is 19.2 Å². The van der Waals surface area contributed by atoms with E-state index in [4.69, 9.17) is 16.6 Å². The third kappa shape index (κ3) is 9.33. The molecule has 0 rings (SSSR count). The van der Waals surface area contributed by atoms with Crippen LogP contribution in [-0.2, 0) is 19.2 Å². The van der Waals surface area contributed by atoms with E-state index in [1.807, 2.05) is 6.92 Å². The SMILES string of the molecule is CCC(C)C(NC(=O)CNC(=O)C(CCCCN)NC(=O)CN)C(=O)O. The number of carboxylic acid groups (broad SMARTS) is 1. The number of nitrogens with one attached hydrogen (secondary N) is 3. The topological polar surface area (TPSA) is 177 Å². The summed E-state index contributed by atoms with van der Waals surface area (Å²) in [4.78, 5) is 46.8. The maximum Gasteiger partial charge on any atom is 0.326 e. The molecule has 0 aromatic rings. The van der Waals surface area contributed by atoms with Crippen molar-refractivity contribution in [1.82, 2.24) is 16.0 Å². The standard InChI is InChI=1S/C16H31N5O5/c1-3-10(2)14(16(25)26)21-13(23)9-19-15(24)11(6-4-5-7-17)20-12(22)8-18/h10-11,14H,3-9,17-18H2,1-2H3,(H,19,24)(H,20,22)(H,21,23)(H,25,26). The molecule has 10 heteroatoms. The minimum Gasteiger partial charge on any atom is -0.480 e. The van der Waals surface area contributed by atoms with Gasteiger partial charge in [0.2, 0.25) is 17.7 Å². The number of unbranched alkanes of at least 4 members (excludes halogenated alkanes) is 1. The minimum atomic E-state index is -1.13. The van der Waals surface area contributed by atoms with Crippen LogP contribution in [0.3, 0.4) is 0 Å². The van der Waals surface area contributed by atoms with Crippen molar-refractivity contribution in [1.29, 1.82) is 0 Å². The summed E-state index contributed by atoms with van der Waals surface area (Å²) in [5, 5.41) is 16.5. The Balaban J connectivity index is 4.64. The predicted octanol–water partition coefficient (Wildman–Crippen LogP) is -1.71. The second-order valence-electron chi connectivity index (χ2n) is 6.10. The van der Waals surface area contributed by atoms with E-state index in [1.165, 1.54) is 0 Å². The van der Waals surface area contributed by atoms with Gasteiger partial charge in [0.05, 0.1) is 13.1 Å². The van der Waals surface area contributed by atoms with Crippen LogP contribution in [0.2, 0.25) is 0 Å². The maximum absolute atomic E-state index is 12.2. The van der Waals surface area contributed by atoms with Gasteiger partial charge in [-0.1, -0.05) is 20.3 Å². The molecule has 0 radical (unpaired) electrons. The molecule has 0 aromatic carbocycles. The predicted molar refractivity (Wildman–Crippen MR) is 95.9 cm³/mol. The van der Waals surface area contributed by atoms with Crippen LogP contribution in [0.5, 0.6) is 0 Å². The van der Waals surface area contributed by atoms with E-state index in [0.717, 1.165) is 0 Å². The Bertz CT molecular complexity index is 486. The van der Waals surface area contributed by atoms with Crippen molar-refractivity contribution in [2.24, 2.45) is 17.4 Å². The number of hydrogen-bond acceptors (Lipinski definition) is 6. The normalized spacial score (nSPS) is 14.0. The molecular formula is C16H31N5O5. The van der Waals surface area contributed by atoms with Crippen molar-refractivity contribution in [3.8, 4) is 0 Å². The quantitative estimate of drug-likeness (QED) is 0.208. The first-order chi connectivity index (χ1) is 12.3. The highest BCUT2D eigenvalue weighted by Crippen LogP contribution is 2.07. The summed E-state index contributed by atoms with van der Waals surface area (Å²) in [5.41, 5.74) is 10.7. The summed E-state index contributed by atoms with van der Waals surface area (Å²) in [6.45, 7) is 3.36. The Hall–Kier alpha value is -2.20. The van der Waals surface area contributed by atoms with Gasteiger partial charge in [-0.3, -0.25) is 14.4 Å². The molecule has 10 nitrogen and oxygen atoms in total. The highest BCUT2D eigenvalue weighted by molar-refractivity contribution is 5.91. The fourth-order valence-corrected chi connectivity index (χ4v) is 2.21. The fourth-order valence-electron chi connectivity index (χ4n) is 2.21. The first-order valence-corrected chi connectivity index (χ1v) is 8.76. The van der Waals surface area contributed by atoms with E-state index >= 15 is 0 Å². The zero-order valence-corrected chi connectivity index (χ0v) is 15.4. The number of carboxylic acids is 1. The zero-order valence-electron chi connectivity index (χ0n) is 15.4. The summed E-state index contributed by atoms with van der Waals surface area (Å²) in [5.74, 6) is -3.01. The Morgan fingerprint density at radius 3 is 2.19 bits per heavy atom. The van der Waals surface area contributed by atoms with Crippen LogP contribution in [0.1, 0.15) is 39.5 Å². The van der Waals surface area contributed by atoms with Gasteiger partial charge in [-0.05, 0) is 31.7 Å². The van der Waals surface area contributed by atoms with Crippen LogP contribution in [0.4, 0.5) is 0 Å². The number of amides is 3. The monoisotopic (exact) mass is 373 g/mol. The lowest BCUT2D eigenvalue weighted by Gasteiger charge is -2.21. The molecule has 3 atom stereocenters. The molecule has 150 valence electrons. The van der Waals surface area contributed by atoms with Crippen molar-refractivity contribution < 1.29 is 24.3 Å². The van der Waals surface area contributed by atoms with Crippen molar-refractivity contribution in [3.05, 3.63) is 0 Å². The number of rotatable bonds is 13. The molecule has 0 bridgehead atoms. The van der Waals surface area contributed by atoms with Crippen LogP contribution in [-0.4, -0.2) is 60.5 Å². The molecule has 0 saturated heterocycles. The van der Waals surface area contributed by atoms with E-state index in [1.54, 1.807) is 6.92 Å². The van der Waals surface area contributed by atoms with Crippen LogP contribution in [0, 0.1) is 5.92 Å². The van der Waals surface area contributed by atoms with E-state index in [-0.39, 0.29) is 19.0 Å². The van der Waals surface area contributed by atoms with Crippen LogP contribution in [0.15, 0.2) is 0 Å². The van der Waals surface area contributed by atoms with Gasteiger partial charge in [-0.2, -0.15) is 0 Å². The lowest BCUT2D eigenvalue weighted by Crippen LogP contribution is -2.52. The second-order valence-corrected chi connectivity index (χ2v) is 6.10. The van der Waals surface area contributed by atoms with Crippen molar-refractivity contribution in [2.45, 2.75) is 51.6 Å². The number of aliphatic carboxylic acids is 1. The lowest BCUT2D eigenvalue weighted by molar-refractivity contribution is -0.143. The van der Waals surface area contributed by atoms with Gasteiger partial charge < -0.3 is 32.5 Å². The zero-order chi connectivity index (χ0) is 20.1. The van der Waals surface area contributed by atoms with Crippen molar-refractivity contribution in [3.63, 3.8) is 0 Å². The lowest BCUT2D eigenvalue weighted by atomic mass is 9.99. The Labute approximate surface area is 153 Å². The summed E-state index contributed by atoms with van der Waals surface area (Å²) in [6.07, 6.45) is 2.26. The second kappa shape index (κ2) is 13.1. The van der Waals surface area contributed by atoms with Gasteiger partial charge in [0.15, 0.2) is 0 Å². The summed E-state index contributed by atoms with van der Waals surface area (Å²) in [7, 11) is 0. The average Bonchev–Trinajstić information content (AvgIpc) is 2.62. The largest absolute Gasteiger partial charge is 0.480 e. The molecule has 0 heterocycles. The maximum atomic E-state index is 12.2. The molecular weight excluding hydrogens is 342 g/mol. The summed E-state index contributed by atoms with van der Waals surface area (Å²) < 4.78 is 0. The van der Waals surface area contributed by atoms with Gasteiger partial charge in [0.1, 0.15) is 12.1 Å². The molecule has 0 aliphatic rings. The number of hydrogen-bond donors (Lipinski definition) is 6. The highest BCUT2D eigenvalue weighted by atomic mass is 16.4. The third-order valence-corrected chi connectivity index (χ3v) is 4.00. The Morgan fingerprint density at radius 2 is 1.69 bits per heavy atom. The summed E-state index contributed by atoms with van der Waals surface area (Å²) >= 11 is 0. The molecule has 0 aliphatic heterocycles. The molecule has 0 fully saturated rings. The van der Waals surface area contributed by atoms with Crippen LogP contribution < -0.4 is 27.4 Å². The molecule has 0 spiro atoms. The smallest absolute Gasteiger partial charge is 0.326 e. The van der Waals surface area contributed by atoms with Gasteiger partial charge in [-0.15, -0.1) is 0 Å². The van der Waals surface area contributed by atoms with E-state index in [0.29, 0.717) is 32.2 Å². The van der Waals surface area contributed by atoms with E-state index < -0.39 is 35.8 Å². The van der Waals surface area contributed by atoms with Gasteiger partial charge in [0, 0.05) is 0 Å². The molecule has 0 saturated carbocycles. The molecule has 8 N–H and O–H groups in total. The van der Waals surface area contributed by atoms with Gasteiger partial charge >= 0.3 is 5.97 Å². The number of carbonyl (C=O) groups is 4. The minimum absolute atomic E-state index is 0.250. The molecule has 26 heavy (non-hydrogen) atoms. The Kier molecular flexibility index (Phi) is 12.0. The molecule has 3 unspecified atom stereocenters. The Morgan fingerprint density at radius 1 is 1.04 bits per heavy atom. The number of carbonyl (C=O) groups excluding carboxylic acids is 3. The van der Waals surface area contributed by atoms with Crippen molar-refractivity contribution in [2.75, 3.05) is 19.6 Å². The highest BCUT2D eigenvalue weighted by Gasteiger charge is 2.26. The van der Waals surface area contributed by atoms with Crippen LogP contribution in [0.25, 0.3) is 0 Å². The fraction of sp³-hybridized carbons (Fsp3) is 0.750. The first kappa shape index (κ1) is 23.8. The van der Waals surface area contributed by atoms with E-state index in [2.05, 4.69) is 16.0 Å². The molecule has 0 aliphatic carbocycles. The number of nitrogens with two attached hydrogens (primary N) is 2. The van der Waals surface area contributed by atoms with Crippen LogP contribution >= 0.6 is 0 Å². The van der Waals surface area contributed by atoms with Gasteiger partial charge in [0.25, 0.3) is 0 Å². The molecule has 0 aromatic heterocycles.